The lowest BCUT2D eigenvalue weighted by molar-refractivity contribution is -0.0705. The van der Waals surface area contributed by atoms with Crippen LogP contribution in [0.3, 0.4) is 0 Å². The molecule has 2 aliphatic rings. The normalized spacial score (nSPS) is 16.3. The van der Waals surface area contributed by atoms with E-state index in [1.807, 2.05) is 6.07 Å². The number of aromatic nitrogens is 4. The Labute approximate surface area is 247 Å². The number of halogens is 1. The summed E-state index contributed by atoms with van der Waals surface area (Å²) in [5, 5.41) is 22.3. The lowest BCUT2D eigenvalue weighted by Crippen LogP contribution is -2.53. The summed E-state index contributed by atoms with van der Waals surface area (Å²) in [4.78, 5) is 28.1. The van der Waals surface area contributed by atoms with E-state index in [0.29, 0.717) is 57.3 Å². The van der Waals surface area contributed by atoms with Gasteiger partial charge in [-0.2, -0.15) is 5.26 Å². The molecule has 43 heavy (non-hydrogen) atoms. The first-order chi connectivity index (χ1) is 20.8. The number of piperidine rings is 1. The number of rotatable bonds is 9. The molecule has 2 fully saturated rings. The number of nitriles is 1. The molecule has 11 nitrogen and oxygen atoms in total. The number of nitrogens with one attached hydrogen (secondary N) is 2. The molecule has 12 heteroatoms. The van der Waals surface area contributed by atoms with Gasteiger partial charge in [0.25, 0.3) is 0 Å². The number of pyridine rings is 1. The quantitative estimate of drug-likeness (QED) is 0.279. The van der Waals surface area contributed by atoms with E-state index in [2.05, 4.69) is 40.1 Å². The van der Waals surface area contributed by atoms with Crippen molar-refractivity contribution in [2.75, 3.05) is 31.6 Å². The highest BCUT2D eigenvalue weighted by molar-refractivity contribution is 5.98. The summed E-state index contributed by atoms with van der Waals surface area (Å²) in [5.74, 6) is -0.0706. The fraction of sp³-hybridized carbons (Fsp3) is 0.419. The second kappa shape index (κ2) is 12.0. The predicted octanol–water partition coefficient (Wildman–Crippen LogP) is 3.98. The Morgan fingerprint density at radius 2 is 1.98 bits per heavy atom. The Hall–Kier alpha value is -4.47. The van der Waals surface area contributed by atoms with Gasteiger partial charge in [-0.15, -0.1) is 0 Å². The third-order valence-electron chi connectivity index (χ3n) is 8.11. The highest BCUT2D eigenvalue weighted by Crippen LogP contribution is 2.35. The number of ether oxygens (including phenoxy) is 1. The minimum Gasteiger partial charge on any atom is -0.408 e. The first-order valence-electron chi connectivity index (χ1n) is 14.5. The van der Waals surface area contributed by atoms with Crippen molar-refractivity contribution < 1.29 is 13.5 Å². The van der Waals surface area contributed by atoms with Crippen molar-refractivity contribution in [1.82, 2.24) is 24.4 Å². The number of benzene rings is 1. The van der Waals surface area contributed by atoms with Crippen LogP contribution in [0.5, 0.6) is 0 Å². The Kier molecular flexibility index (Phi) is 8.01. The highest BCUT2D eigenvalue weighted by Gasteiger charge is 2.30. The SMILES string of the molecule is CC(C)Cc1nc(NC2CCN(C3COC3)CC2)c(C=N)c(-c2ccc3c(c2)oc(=O)n3Cc2ncc(F)cn2)c1C#N. The number of hydrogen-bond donors (Lipinski definition) is 2. The van der Waals surface area contributed by atoms with Crippen LogP contribution in [0, 0.1) is 28.5 Å². The first kappa shape index (κ1) is 28.6. The van der Waals surface area contributed by atoms with E-state index >= 15 is 0 Å². The number of fused-ring (bicyclic) bond motifs is 1. The van der Waals surface area contributed by atoms with Gasteiger partial charge in [-0.05, 0) is 42.9 Å². The summed E-state index contributed by atoms with van der Waals surface area (Å²) in [7, 11) is 0. The van der Waals surface area contributed by atoms with Crippen molar-refractivity contribution in [2.24, 2.45) is 5.92 Å². The van der Waals surface area contributed by atoms with E-state index in [1.165, 1.54) is 10.8 Å². The molecule has 5 heterocycles. The second-order valence-electron chi connectivity index (χ2n) is 11.5. The van der Waals surface area contributed by atoms with Gasteiger partial charge in [0, 0.05) is 36.5 Å². The van der Waals surface area contributed by atoms with Crippen molar-refractivity contribution >= 4 is 23.1 Å². The average molecular weight is 585 g/mol. The smallest absolute Gasteiger partial charge is 0.408 e. The predicted molar refractivity (Wildman–Crippen MR) is 159 cm³/mol. The molecule has 1 aromatic carbocycles. The molecule has 6 rings (SSSR count). The third-order valence-corrected chi connectivity index (χ3v) is 8.11. The molecule has 0 aliphatic carbocycles. The fourth-order valence-electron chi connectivity index (χ4n) is 5.82. The Bertz CT molecular complexity index is 1750. The number of oxazole rings is 1. The van der Waals surface area contributed by atoms with Crippen LogP contribution < -0.4 is 11.1 Å². The van der Waals surface area contributed by atoms with Gasteiger partial charge in [0.15, 0.2) is 11.4 Å². The number of likely N-dealkylation sites (tertiary alicyclic amines) is 1. The van der Waals surface area contributed by atoms with Crippen LogP contribution in [-0.4, -0.2) is 69.0 Å². The summed E-state index contributed by atoms with van der Waals surface area (Å²) in [6, 6.07) is 8.29. The van der Waals surface area contributed by atoms with Crippen molar-refractivity contribution in [2.45, 2.75) is 51.7 Å². The Morgan fingerprint density at radius 1 is 1.23 bits per heavy atom. The van der Waals surface area contributed by atoms with E-state index < -0.39 is 11.6 Å². The molecular formula is C31H33FN8O3. The van der Waals surface area contributed by atoms with Gasteiger partial charge in [-0.25, -0.2) is 24.1 Å². The van der Waals surface area contributed by atoms with E-state index in [-0.39, 0.29) is 24.3 Å². The van der Waals surface area contributed by atoms with Crippen LogP contribution in [-0.2, 0) is 17.7 Å². The highest BCUT2D eigenvalue weighted by atomic mass is 19.1. The van der Waals surface area contributed by atoms with E-state index in [4.69, 9.17) is 19.5 Å². The Morgan fingerprint density at radius 3 is 2.60 bits per heavy atom. The van der Waals surface area contributed by atoms with Crippen molar-refractivity contribution in [1.29, 1.82) is 10.7 Å². The number of anilines is 1. The summed E-state index contributed by atoms with van der Waals surface area (Å²) in [6.45, 7) is 7.68. The lowest BCUT2D eigenvalue weighted by Gasteiger charge is -2.41. The fourth-order valence-corrected chi connectivity index (χ4v) is 5.82. The van der Waals surface area contributed by atoms with Gasteiger partial charge < -0.3 is 19.9 Å². The summed E-state index contributed by atoms with van der Waals surface area (Å²) >= 11 is 0. The zero-order chi connectivity index (χ0) is 30.1. The number of nitrogens with zero attached hydrogens (tertiary/aromatic N) is 6. The molecule has 0 radical (unpaired) electrons. The van der Waals surface area contributed by atoms with Gasteiger partial charge in [0.05, 0.1) is 55.0 Å². The second-order valence-corrected chi connectivity index (χ2v) is 11.5. The van der Waals surface area contributed by atoms with E-state index in [0.717, 1.165) is 51.5 Å². The molecule has 4 aromatic rings. The molecule has 0 atom stereocenters. The van der Waals surface area contributed by atoms with Gasteiger partial charge in [-0.1, -0.05) is 19.9 Å². The molecule has 0 unspecified atom stereocenters. The van der Waals surface area contributed by atoms with Crippen molar-refractivity contribution in [3.05, 3.63) is 69.6 Å². The van der Waals surface area contributed by atoms with Gasteiger partial charge >= 0.3 is 5.76 Å². The van der Waals surface area contributed by atoms with Gasteiger partial charge in [0.1, 0.15) is 17.7 Å². The van der Waals surface area contributed by atoms with E-state index in [1.54, 1.807) is 12.1 Å². The maximum atomic E-state index is 13.3. The molecule has 2 saturated heterocycles. The zero-order valence-electron chi connectivity index (χ0n) is 24.1. The van der Waals surface area contributed by atoms with Gasteiger partial charge in [-0.3, -0.25) is 9.47 Å². The maximum Gasteiger partial charge on any atom is 0.420 e. The topological polar surface area (TPSA) is 146 Å². The Balaban J connectivity index is 1.38. The van der Waals surface area contributed by atoms with Crippen LogP contribution in [0.2, 0.25) is 0 Å². The monoisotopic (exact) mass is 584 g/mol. The molecule has 2 N–H and O–H groups in total. The van der Waals surface area contributed by atoms with Crippen LogP contribution in [0.1, 0.15) is 49.3 Å². The standard InChI is InChI=1S/C31H33FN8O3/c1-18(2)9-25-23(11-33)29(24(12-34)30(38-25)37-21-5-7-39(8-6-21)22-16-42-17-22)19-3-4-26-27(10-19)43-31(41)40(26)15-28-35-13-20(32)14-36-28/h3-4,10,12-14,18,21-22,34H,5-9,15-17H2,1-2H3,(H,37,38). The van der Waals surface area contributed by atoms with E-state index in [9.17, 15) is 14.4 Å². The van der Waals surface area contributed by atoms with Crippen LogP contribution in [0.15, 0.2) is 39.8 Å². The van der Waals surface area contributed by atoms with Crippen LogP contribution in [0.25, 0.3) is 22.2 Å². The summed E-state index contributed by atoms with van der Waals surface area (Å²) in [6.07, 6.45) is 5.80. The largest absolute Gasteiger partial charge is 0.420 e. The number of hydrogen-bond acceptors (Lipinski definition) is 10. The first-order valence-corrected chi connectivity index (χ1v) is 14.5. The third kappa shape index (κ3) is 5.78. The minimum absolute atomic E-state index is 0.00903. The molecule has 2 aliphatic heterocycles. The molecule has 0 bridgehead atoms. The summed E-state index contributed by atoms with van der Waals surface area (Å²) in [5.41, 5.74) is 3.62. The van der Waals surface area contributed by atoms with Crippen molar-refractivity contribution in [3.63, 3.8) is 0 Å². The van der Waals surface area contributed by atoms with Crippen LogP contribution >= 0.6 is 0 Å². The van der Waals surface area contributed by atoms with Crippen LogP contribution in [0.4, 0.5) is 10.2 Å². The molecule has 3 aromatic heterocycles. The molecule has 0 saturated carbocycles. The molecule has 222 valence electrons. The maximum absolute atomic E-state index is 13.3. The molecule has 0 spiro atoms. The zero-order valence-corrected chi connectivity index (χ0v) is 24.1. The summed E-state index contributed by atoms with van der Waals surface area (Å²) < 4.78 is 25.6. The van der Waals surface area contributed by atoms with Gasteiger partial charge in [0.2, 0.25) is 0 Å². The average Bonchev–Trinajstić information content (AvgIpc) is 3.27. The lowest BCUT2D eigenvalue weighted by atomic mass is 9.91. The van der Waals surface area contributed by atoms with Crippen molar-refractivity contribution in [3.8, 4) is 17.2 Å². The molecular weight excluding hydrogens is 551 g/mol. The minimum atomic E-state index is -0.606. The molecule has 0 amide bonds.